The van der Waals surface area contributed by atoms with Crippen molar-refractivity contribution in [3.05, 3.63) is 23.8 Å². The van der Waals surface area contributed by atoms with Gasteiger partial charge in [-0.1, -0.05) is 0 Å². The van der Waals surface area contributed by atoms with Crippen molar-refractivity contribution in [2.24, 2.45) is 0 Å². The third kappa shape index (κ3) is 4.95. The minimum Gasteiger partial charge on any atom is -0.497 e. The van der Waals surface area contributed by atoms with E-state index >= 15 is 0 Å². The van der Waals surface area contributed by atoms with Crippen LogP contribution in [0, 0.1) is 0 Å². The molecule has 0 aromatic heterocycles. The SMILES string of the molecule is CCOC(=O)CS(=O)(=O)Nc1ccc(OC)cc1C(=O)O. The molecule has 21 heavy (non-hydrogen) atoms. The lowest BCUT2D eigenvalue weighted by atomic mass is 10.2. The fraction of sp³-hybridized carbons (Fsp3) is 0.333. The Bertz CT molecular complexity index is 639. The van der Waals surface area contributed by atoms with Crippen molar-refractivity contribution in [3.8, 4) is 5.75 Å². The molecule has 1 aromatic rings. The molecule has 0 amide bonds. The molecule has 0 fully saturated rings. The van der Waals surface area contributed by atoms with E-state index < -0.39 is 27.7 Å². The van der Waals surface area contributed by atoms with E-state index in [0.29, 0.717) is 0 Å². The Balaban J connectivity index is 3.01. The van der Waals surface area contributed by atoms with E-state index in [9.17, 15) is 18.0 Å². The standard InChI is InChI=1S/C12H15NO7S/c1-3-20-11(14)7-21(17,18)13-10-5-4-8(19-2)6-9(10)12(15)16/h4-6,13H,3,7H2,1-2H3,(H,15,16). The summed E-state index contributed by atoms with van der Waals surface area (Å²) >= 11 is 0. The van der Waals surface area contributed by atoms with Crippen LogP contribution in [0.15, 0.2) is 18.2 Å². The minimum absolute atomic E-state index is 0.0528. The molecule has 8 nitrogen and oxygen atoms in total. The monoisotopic (exact) mass is 317 g/mol. The topological polar surface area (TPSA) is 119 Å². The van der Waals surface area contributed by atoms with Crippen LogP contribution in [0.25, 0.3) is 0 Å². The van der Waals surface area contributed by atoms with Crippen molar-refractivity contribution in [1.82, 2.24) is 0 Å². The molecule has 0 spiro atoms. The lowest BCUT2D eigenvalue weighted by molar-refractivity contribution is -0.139. The molecule has 116 valence electrons. The number of carbonyl (C=O) groups excluding carboxylic acids is 1. The summed E-state index contributed by atoms with van der Waals surface area (Å²) in [6, 6.07) is 3.81. The zero-order chi connectivity index (χ0) is 16.0. The van der Waals surface area contributed by atoms with Gasteiger partial charge in [-0.2, -0.15) is 0 Å². The van der Waals surface area contributed by atoms with Crippen molar-refractivity contribution in [1.29, 1.82) is 0 Å². The maximum Gasteiger partial charge on any atom is 0.337 e. The molecule has 0 saturated heterocycles. The first-order valence-corrected chi connectivity index (χ1v) is 7.51. The molecule has 0 radical (unpaired) electrons. The largest absolute Gasteiger partial charge is 0.497 e. The van der Waals surface area contributed by atoms with Crippen LogP contribution in [0.1, 0.15) is 17.3 Å². The summed E-state index contributed by atoms with van der Waals surface area (Å²) in [6.07, 6.45) is 0. The molecular formula is C12H15NO7S. The lowest BCUT2D eigenvalue weighted by Crippen LogP contribution is -2.25. The Morgan fingerprint density at radius 2 is 2.00 bits per heavy atom. The summed E-state index contributed by atoms with van der Waals surface area (Å²) in [5, 5.41) is 9.07. The number of carboxylic acids is 1. The van der Waals surface area contributed by atoms with Gasteiger partial charge in [-0.15, -0.1) is 0 Å². The number of nitrogens with one attached hydrogen (secondary N) is 1. The zero-order valence-electron chi connectivity index (χ0n) is 11.5. The molecule has 0 aliphatic carbocycles. The maximum atomic E-state index is 11.8. The van der Waals surface area contributed by atoms with Gasteiger partial charge in [0, 0.05) is 0 Å². The molecule has 0 aliphatic rings. The van der Waals surface area contributed by atoms with E-state index in [-0.39, 0.29) is 23.6 Å². The molecule has 0 unspecified atom stereocenters. The quantitative estimate of drug-likeness (QED) is 0.710. The van der Waals surface area contributed by atoms with Crippen molar-refractivity contribution in [3.63, 3.8) is 0 Å². The van der Waals surface area contributed by atoms with Gasteiger partial charge in [0.25, 0.3) is 0 Å². The van der Waals surface area contributed by atoms with E-state index in [1.54, 1.807) is 6.92 Å². The van der Waals surface area contributed by atoms with Gasteiger partial charge in [-0.25, -0.2) is 13.2 Å². The highest BCUT2D eigenvalue weighted by molar-refractivity contribution is 7.93. The Hall–Kier alpha value is -2.29. The average molecular weight is 317 g/mol. The molecule has 0 aliphatic heterocycles. The number of hydrogen-bond donors (Lipinski definition) is 2. The second kappa shape index (κ2) is 6.93. The summed E-state index contributed by atoms with van der Waals surface area (Å²) < 4.78 is 35.0. The number of anilines is 1. The highest BCUT2D eigenvalue weighted by atomic mass is 32.2. The number of benzene rings is 1. The number of aromatic carboxylic acids is 1. The van der Waals surface area contributed by atoms with Crippen LogP contribution in [0.2, 0.25) is 0 Å². The van der Waals surface area contributed by atoms with Gasteiger partial charge in [0.1, 0.15) is 5.75 Å². The van der Waals surface area contributed by atoms with Crippen LogP contribution in [-0.4, -0.2) is 44.9 Å². The van der Waals surface area contributed by atoms with Gasteiger partial charge in [0.15, 0.2) is 5.75 Å². The van der Waals surface area contributed by atoms with E-state index in [1.807, 2.05) is 4.72 Å². The summed E-state index contributed by atoms with van der Waals surface area (Å²) in [5.74, 6) is -2.88. The summed E-state index contributed by atoms with van der Waals surface area (Å²) in [4.78, 5) is 22.3. The number of hydrogen-bond acceptors (Lipinski definition) is 6. The van der Waals surface area contributed by atoms with Gasteiger partial charge in [-0.05, 0) is 25.1 Å². The number of rotatable bonds is 7. The first-order valence-electron chi connectivity index (χ1n) is 5.86. The third-order valence-corrected chi connectivity index (χ3v) is 3.48. The molecule has 0 atom stereocenters. The number of ether oxygens (including phenoxy) is 2. The molecule has 1 aromatic carbocycles. The zero-order valence-corrected chi connectivity index (χ0v) is 12.3. The van der Waals surface area contributed by atoms with Crippen molar-refractivity contribution in [2.75, 3.05) is 24.2 Å². The summed E-state index contributed by atoms with van der Waals surface area (Å²) in [5.41, 5.74) is -0.450. The molecule has 0 bridgehead atoms. The second-order valence-electron chi connectivity index (χ2n) is 3.88. The highest BCUT2D eigenvalue weighted by Crippen LogP contribution is 2.23. The fourth-order valence-electron chi connectivity index (χ4n) is 1.48. The Morgan fingerprint density at radius 1 is 1.33 bits per heavy atom. The first kappa shape index (κ1) is 16.8. The predicted molar refractivity (Wildman–Crippen MR) is 74.0 cm³/mol. The summed E-state index contributed by atoms with van der Waals surface area (Å²) in [7, 11) is -2.71. The number of carboxylic acid groups (broad SMARTS) is 1. The third-order valence-electron chi connectivity index (χ3n) is 2.34. The van der Waals surface area contributed by atoms with Gasteiger partial charge >= 0.3 is 11.9 Å². The molecule has 0 saturated carbocycles. The number of esters is 1. The van der Waals surface area contributed by atoms with Gasteiger partial charge in [0.05, 0.1) is 25.0 Å². The van der Waals surface area contributed by atoms with Crippen LogP contribution in [0.4, 0.5) is 5.69 Å². The second-order valence-corrected chi connectivity index (χ2v) is 5.61. The van der Waals surface area contributed by atoms with Crippen LogP contribution in [0.5, 0.6) is 5.75 Å². The van der Waals surface area contributed by atoms with E-state index in [4.69, 9.17) is 9.84 Å². The van der Waals surface area contributed by atoms with Crippen molar-refractivity contribution < 1.29 is 32.6 Å². The average Bonchev–Trinajstić information content (AvgIpc) is 2.37. The smallest absolute Gasteiger partial charge is 0.337 e. The van der Waals surface area contributed by atoms with Crippen LogP contribution >= 0.6 is 0 Å². The molecular weight excluding hydrogens is 302 g/mol. The maximum absolute atomic E-state index is 11.8. The van der Waals surface area contributed by atoms with Crippen molar-refractivity contribution >= 4 is 27.6 Å². The number of carbonyl (C=O) groups is 2. The Morgan fingerprint density at radius 3 is 2.52 bits per heavy atom. The van der Waals surface area contributed by atoms with Crippen LogP contribution < -0.4 is 9.46 Å². The minimum atomic E-state index is -4.06. The van der Waals surface area contributed by atoms with Crippen LogP contribution in [-0.2, 0) is 19.6 Å². The van der Waals surface area contributed by atoms with Gasteiger partial charge < -0.3 is 14.6 Å². The summed E-state index contributed by atoms with van der Waals surface area (Å²) in [6.45, 7) is 1.60. The normalized spacial score (nSPS) is 10.8. The van der Waals surface area contributed by atoms with Gasteiger partial charge in [-0.3, -0.25) is 9.52 Å². The fourth-order valence-corrected chi connectivity index (χ4v) is 2.46. The number of methoxy groups -OCH3 is 1. The lowest BCUT2D eigenvalue weighted by Gasteiger charge is -2.11. The van der Waals surface area contributed by atoms with Crippen molar-refractivity contribution in [2.45, 2.75) is 6.92 Å². The molecule has 2 N–H and O–H groups in total. The molecule has 0 heterocycles. The Kier molecular flexibility index (Phi) is 5.53. The molecule has 9 heteroatoms. The van der Waals surface area contributed by atoms with E-state index in [2.05, 4.69) is 4.74 Å². The predicted octanol–water partition coefficient (Wildman–Crippen LogP) is 0.698. The molecule has 1 rings (SSSR count). The van der Waals surface area contributed by atoms with Gasteiger partial charge in [0.2, 0.25) is 10.0 Å². The van der Waals surface area contributed by atoms with E-state index in [1.165, 1.54) is 25.3 Å². The van der Waals surface area contributed by atoms with Crippen LogP contribution in [0.3, 0.4) is 0 Å². The highest BCUT2D eigenvalue weighted by Gasteiger charge is 2.21. The van der Waals surface area contributed by atoms with E-state index in [0.717, 1.165) is 0 Å². The Labute approximate surface area is 121 Å². The first-order chi connectivity index (χ1) is 9.79. The number of sulfonamides is 1.